The Morgan fingerprint density at radius 3 is 2.89 bits per heavy atom. The van der Waals surface area contributed by atoms with E-state index in [1.165, 1.54) is 10.5 Å². The summed E-state index contributed by atoms with van der Waals surface area (Å²) in [5.74, 6) is 1.11. The van der Waals surface area contributed by atoms with E-state index in [4.69, 9.17) is 0 Å². The number of thioether (sulfide) groups is 1. The van der Waals surface area contributed by atoms with E-state index in [2.05, 4.69) is 47.6 Å². The second kappa shape index (κ2) is 5.12. The van der Waals surface area contributed by atoms with Crippen LogP contribution in [0.25, 0.3) is 0 Å². The highest BCUT2D eigenvalue weighted by Crippen LogP contribution is 2.38. The van der Waals surface area contributed by atoms with Gasteiger partial charge in [0.05, 0.1) is 5.69 Å². The average Bonchev–Trinajstić information content (AvgIpc) is 2.83. The van der Waals surface area contributed by atoms with Crippen molar-refractivity contribution in [2.75, 3.05) is 5.75 Å². The normalized spacial score (nSPS) is 19.5. The summed E-state index contributed by atoms with van der Waals surface area (Å²) in [5, 5.41) is 3.67. The van der Waals surface area contributed by atoms with Crippen molar-refractivity contribution in [3.05, 3.63) is 59.9 Å². The molecule has 0 radical (unpaired) electrons. The summed E-state index contributed by atoms with van der Waals surface area (Å²) in [7, 11) is 0. The molecular formula is C15H16N2S. The third-order valence-electron chi connectivity index (χ3n) is 3.28. The van der Waals surface area contributed by atoms with Gasteiger partial charge in [-0.05, 0) is 30.7 Å². The van der Waals surface area contributed by atoms with Crippen molar-refractivity contribution in [3.63, 3.8) is 0 Å². The Morgan fingerprint density at radius 1 is 1.22 bits per heavy atom. The van der Waals surface area contributed by atoms with Gasteiger partial charge in [0.1, 0.15) is 0 Å². The molecule has 2 atom stereocenters. The summed E-state index contributed by atoms with van der Waals surface area (Å²) in [6, 6.07) is 15.4. The number of nitrogens with zero attached hydrogens (tertiary/aromatic N) is 1. The molecule has 0 amide bonds. The zero-order valence-corrected chi connectivity index (χ0v) is 11.2. The molecule has 3 rings (SSSR count). The first-order valence-electron chi connectivity index (χ1n) is 6.23. The van der Waals surface area contributed by atoms with Crippen LogP contribution >= 0.6 is 11.8 Å². The fourth-order valence-electron chi connectivity index (χ4n) is 2.32. The molecule has 2 nitrogen and oxygen atoms in total. The van der Waals surface area contributed by atoms with Gasteiger partial charge in [0.25, 0.3) is 0 Å². The molecule has 0 aliphatic carbocycles. The Balaban J connectivity index is 1.75. The van der Waals surface area contributed by atoms with E-state index < -0.39 is 0 Å². The second-order valence-electron chi connectivity index (χ2n) is 4.54. The largest absolute Gasteiger partial charge is 0.301 e. The second-order valence-corrected chi connectivity index (χ2v) is 5.61. The molecular weight excluding hydrogens is 240 g/mol. The van der Waals surface area contributed by atoms with Crippen LogP contribution in [0.5, 0.6) is 0 Å². The van der Waals surface area contributed by atoms with E-state index >= 15 is 0 Å². The van der Waals surface area contributed by atoms with Crippen molar-refractivity contribution in [2.45, 2.75) is 23.9 Å². The van der Waals surface area contributed by atoms with Gasteiger partial charge >= 0.3 is 0 Å². The van der Waals surface area contributed by atoms with Crippen LogP contribution in [-0.2, 0) is 0 Å². The molecule has 1 N–H and O–H groups in total. The summed E-state index contributed by atoms with van der Waals surface area (Å²) in [6.07, 6.45) is 1.85. The van der Waals surface area contributed by atoms with Crippen LogP contribution in [-0.4, -0.2) is 10.7 Å². The van der Waals surface area contributed by atoms with Crippen molar-refractivity contribution in [1.29, 1.82) is 0 Å². The Kier molecular flexibility index (Phi) is 3.35. The first kappa shape index (κ1) is 11.8. The van der Waals surface area contributed by atoms with Crippen LogP contribution in [0.1, 0.15) is 30.3 Å². The monoisotopic (exact) mass is 256 g/mol. The Bertz CT molecular complexity index is 527. The maximum Gasteiger partial charge on any atom is 0.0570 e. The number of benzene rings is 1. The predicted octanol–water partition coefficient (Wildman–Crippen LogP) is 3.58. The molecule has 18 heavy (non-hydrogen) atoms. The Labute approximate surface area is 112 Å². The summed E-state index contributed by atoms with van der Waals surface area (Å²) < 4.78 is 0. The number of hydrogen-bond acceptors (Lipinski definition) is 3. The van der Waals surface area contributed by atoms with E-state index in [-0.39, 0.29) is 6.04 Å². The molecule has 2 heterocycles. The first-order valence-corrected chi connectivity index (χ1v) is 7.22. The molecule has 0 spiro atoms. The van der Waals surface area contributed by atoms with Crippen molar-refractivity contribution in [3.8, 4) is 0 Å². The maximum atomic E-state index is 4.41. The molecule has 1 aliphatic heterocycles. The molecule has 0 saturated carbocycles. The molecule has 1 unspecified atom stereocenters. The van der Waals surface area contributed by atoms with Gasteiger partial charge in [-0.3, -0.25) is 4.98 Å². The van der Waals surface area contributed by atoms with Gasteiger partial charge in [-0.15, -0.1) is 11.8 Å². The minimum absolute atomic E-state index is 0.281. The summed E-state index contributed by atoms with van der Waals surface area (Å²) in [4.78, 5) is 5.81. The fraction of sp³-hybridized carbons (Fsp3) is 0.267. The standard InChI is InChI=1S/C15H16N2S/c1-11(13-7-4-5-9-16-13)17-14-10-18-15-8-3-2-6-12(14)15/h2-9,11,14,17H,10H2,1H3/t11-,14?/m1/s1. The average molecular weight is 256 g/mol. The van der Waals surface area contributed by atoms with Crippen molar-refractivity contribution in [1.82, 2.24) is 10.3 Å². The summed E-state index contributed by atoms with van der Waals surface area (Å²) in [5.41, 5.74) is 2.53. The van der Waals surface area contributed by atoms with Gasteiger partial charge in [0.2, 0.25) is 0 Å². The molecule has 0 saturated heterocycles. The van der Waals surface area contributed by atoms with Crippen molar-refractivity contribution in [2.24, 2.45) is 0 Å². The molecule has 3 heteroatoms. The molecule has 0 fully saturated rings. The lowest BCUT2D eigenvalue weighted by atomic mass is 10.1. The van der Waals surface area contributed by atoms with E-state index in [0.29, 0.717) is 6.04 Å². The molecule has 1 aliphatic rings. The minimum atomic E-state index is 0.281. The lowest BCUT2D eigenvalue weighted by molar-refractivity contribution is 0.492. The smallest absolute Gasteiger partial charge is 0.0570 e. The highest BCUT2D eigenvalue weighted by Gasteiger charge is 2.24. The zero-order chi connectivity index (χ0) is 12.4. The van der Waals surface area contributed by atoms with Crippen LogP contribution in [0.2, 0.25) is 0 Å². The SMILES string of the molecule is C[C@@H](NC1CSc2ccccc21)c1ccccn1. The van der Waals surface area contributed by atoms with Crippen LogP contribution in [0.4, 0.5) is 0 Å². The van der Waals surface area contributed by atoms with Crippen LogP contribution < -0.4 is 5.32 Å². The minimum Gasteiger partial charge on any atom is -0.301 e. The summed E-state index contributed by atoms with van der Waals surface area (Å²) in [6.45, 7) is 2.17. The van der Waals surface area contributed by atoms with Gasteiger partial charge in [-0.1, -0.05) is 24.3 Å². The summed E-state index contributed by atoms with van der Waals surface area (Å²) >= 11 is 1.93. The Hall–Kier alpha value is -1.32. The number of fused-ring (bicyclic) bond motifs is 1. The molecule has 92 valence electrons. The van der Waals surface area contributed by atoms with Gasteiger partial charge in [0.15, 0.2) is 0 Å². The quantitative estimate of drug-likeness (QED) is 0.908. The zero-order valence-electron chi connectivity index (χ0n) is 10.3. The first-order chi connectivity index (χ1) is 8.84. The van der Waals surface area contributed by atoms with Crippen LogP contribution in [0.3, 0.4) is 0 Å². The molecule has 0 bridgehead atoms. The molecule has 1 aromatic carbocycles. The van der Waals surface area contributed by atoms with Gasteiger partial charge < -0.3 is 5.32 Å². The van der Waals surface area contributed by atoms with E-state index in [0.717, 1.165) is 11.4 Å². The van der Waals surface area contributed by atoms with Crippen molar-refractivity contribution < 1.29 is 0 Å². The van der Waals surface area contributed by atoms with Crippen LogP contribution in [0.15, 0.2) is 53.6 Å². The predicted molar refractivity (Wildman–Crippen MR) is 75.7 cm³/mol. The number of aromatic nitrogens is 1. The number of nitrogens with one attached hydrogen (secondary N) is 1. The van der Waals surface area contributed by atoms with Gasteiger partial charge in [-0.25, -0.2) is 0 Å². The topological polar surface area (TPSA) is 24.9 Å². The lowest BCUT2D eigenvalue weighted by Gasteiger charge is -2.19. The van der Waals surface area contributed by atoms with Gasteiger partial charge in [0, 0.05) is 28.9 Å². The number of pyridine rings is 1. The third kappa shape index (κ3) is 2.28. The van der Waals surface area contributed by atoms with Gasteiger partial charge in [-0.2, -0.15) is 0 Å². The fourth-order valence-corrected chi connectivity index (χ4v) is 3.49. The lowest BCUT2D eigenvalue weighted by Crippen LogP contribution is -2.25. The maximum absolute atomic E-state index is 4.41. The highest BCUT2D eigenvalue weighted by atomic mass is 32.2. The number of hydrogen-bond donors (Lipinski definition) is 1. The molecule has 2 aromatic rings. The van der Waals surface area contributed by atoms with Crippen molar-refractivity contribution >= 4 is 11.8 Å². The van der Waals surface area contributed by atoms with E-state index in [1.807, 2.05) is 30.1 Å². The van der Waals surface area contributed by atoms with E-state index in [9.17, 15) is 0 Å². The third-order valence-corrected chi connectivity index (χ3v) is 4.47. The molecule has 1 aromatic heterocycles. The highest BCUT2D eigenvalue weighted by molar-refractivity contribution is 7.99. The Morgan fingerprint density at radius 2 is 2.06 bits per heavy atom. The number of rotatable bonds is 3. The van der Waals surface area contributed by atoms with E-state index in [1.54, 1.807) is 0 Å². The van der Waals surface area contributed by atoms with Crippen LogP contribution in [0, 0.1) is 0 Å².